The van der Waals surface area contributed by atoms with Crippen LogP contribution in [0.25, 0.3) is 0 Å². The van der Waals surface area contributed by atoms with Crippen LogP contribution >= 0.6 is 0 Å². The van der Waals surface area contributed by atoms with Crippen LogP contribution in [0.5, 0.6) is 11.5 Å². The van der Waals surface area contributed by atoms with Gasteiger partial charge < -0.3 is 19.7 Å². The highest BCUT2D eigenvalue weighted by Gasteiger charge is 2.49. The highest BCUT2D eigenvalue weighted by atomic mass is 16.7. The molecule has 10 nitrogen and oxygen atoms in total. The first-order valence-corrected chi connectivity index (χ1v) is 22.4. The van der Waals surface area contributed by atoms with Gasteiger partial charge >= 0.3 is 11.9 Å². The third-order valence-electron chi connectivity index (χ3n) is 11.4. The fourth-order valence-electron chi connectivity index (χ4n) is 8.94. The molecule has 1 aromatic carbocycles. The summed E-state index contributed by atoms with van der Waals surface area (Å²) in [7, 11) is 0. The molecule has 0 radical (unpaired) electrons. The molecule has 330 valence electrons. The number of aromatic hydroxyl groups is 2. The molecule has 0 amide bonds. The topological polar surface area (TPSA) is 118 Å². The molecule has 2 heterocycles. The molecule has 57 heavy (non-hydrogen) atoms. The zero-order chi connectivity index (χ0) is 42.9. The van der Waals surface area contributed by atoms with Gasteiger partial charge in [0.05, 0.1) is 13.2 Å². The van der Waals surface area contributed by atoms with Gasteiger partial charge in [-0.05, 0) is 112 Å². The van der Waals surface area contributed by atoms with Crippen LogP contribution in [0, 0.1) is 13.8 Å². The average molecular weight is 805 g/mol. The van der Waals surface area contributed by atoms with Crippen LogP contribution in [0.15, 0.2) is 12.1 Å². The first kappa shape index (κ1) is 50.7. The molecule has 2 N–H and O–H groups in total. The largest absolute Gasteiger partial charge is 0.508 e. The van der Waals surface area contributed by atoms with E-state index in [1.165, 1.54) is 64.2 Å². The Hall–Kier alpha value is -2.40. The van der Waals surface area contributed by atoms with Crippen LogP contribution in [-0.4, -0.2) is 79.9 Å². The standard InChI is InChI=1S/C39H74N2O6.C8H10O2/c1-11-13-15-17-19-21-26-44-40-36(3,4)28-32(29-37(40,5)6)46-34(42)24-23-25-35(43)47-33-30-38(7,8)41(39(9,10)31-33)45-27-22-20-18-16-14-12-2;1-5-3-8(10)6(2)4-7(5)9/h32-33H,11-31H2,1-10H3;3-4,9-10H,1-2H3. The summed E-state index contributed by atoms with van der Waals surface area (Å²) in [5.41, 5.74) is 0.375. The number of hydrogen-bond donors (Lipinski definition) is 2. The summed E-state index contributed by atoms with van der Waals surface area (Å²) in [5.74, 6) is -0.0199. The highest BCUT2D eigenvalue weighted by molar-refractivity contribution is 5.72. The number of rotatable bonds is 22. The van der Waals surface area contributed by atoms with Gasteiger partial charge in [-0.3, -0.25) is 19.3 Å². The minimum absolute atomic E-state index is 0.175. The maximum absolute atomic E-state index is 12.8. The summed E-state index contributed by atoms with van der Waals surface area (Å²) in [4.78, 5) is 38.3. The molecule has 0 atom stereocenters. The molecule has 2 aliphatic rings. The van der Waals surface area contributed by atoms with E-state index < -0.39 is 0 Å². The predicted octanol–water partition coefficient (Wildman–Crippen LogP) is 11.6. The zero-order valence-corrected chi connectivity index (χ0v) is 38.4. The minimum Gasteiger partial charge on any atom is -0.508 e. The van der Waals surface area contributed by atoms with Gasteiger partial charge in [0, 0.05) is 60.7 Å². The number of carbonyl (C=O) groups excluding carboxylic acids is 2. The smallest absolute Gasteiger partial charge is 0.306 e. The number of aryl methyl sites for hydroxylation is 2. The van der Waals surface area contributed by atoms with Crippen molar-refractivity contribution >= 4 is 11.9 Å². The third kappa shape index (κ3) is 17.8. The molecule has 0 aromatic heterocycles. The zero-order valence-electron chi connectivity index (χ0n) is 38.4. The van der Waals surface area contributed by atoms with Gasteiger partial charge in [-0.15, -0.1) is 0 Å². The molecule has 1 aromatic rings. The Morgan fingerprint density at radius 1 is 0.544 bits per heavy atom. The van der Waals surface area contributed by atoms with Gasteiger partial charge in [-0.2, -0.15) is 10.1 Å². The van der Waals surface area contributed by atoms with Gasteiger partial charge in [-0.25, -0.2) is 0 Å². The molecular formula is C47H84N2O8. The van der Waals surface area contributed by atoms with Gasteiger partial charge in [0.1, 0.15) is 23.7 Å². The first-order chi connectivity index (χ1) is 26.6. The molecule has 10 heteroatoms. The molecule has 2 saturated heterocycles. The van der Waals surface area contributed by atoms with E-state index in [9.17, 15) is 9.59 Å². The van der Waals surface area contributed by atoms with Crippen molar-refractivity contribution in [3.8, 4) is 11.5 Å². The quantitative estimate of drug-likeness (QED) is 0.0666. The van der Waals surface area contributed by atoms with E-state index in [1.807, 2.05) is 0 Å². The lowest BCUT2D eigenvalue weighted by molar-refractivity contribution is -0.293. The second kappa shape index (κ2) is 24.0. The van der Waals surface area contributed by atoms with Crippen molar-refractivity contribution in [2.45, 2.75) is 239 Å². The lowest BCUT2D eigenvalue weighted by Gasteiger charge is -2.53. The molecule has 3 rings (SSSR count). The normalized spacial score (nSPS) is 19.4. The second-order valence-corrected chi connectivity index (χ2v) is 19.4. The summed E-state index contributed by atoms with van der Waals surface area (Å²) in [6, 6.07) is 3.09. The monoisotopic (exact) mass is 805 g/mol. The molecular weight excluding hydrogens is 721 g/mol. The number of ether oxygens (including phenoxy) is 2. The Morgan fingerprint density at radius 2 is 0.842 bits per heavy atom. The lowest BCUT2D eigenvalue weighted by atomic mass is 9.80. The Labute approximate surface area is 347 Å². The van der Waals surface area contributed by atoms with Crippen LogP contribution < -0.4 is 0 Å². The summed E-state index contributed by atoms with van der Waals surface area (Å²) >= 11 is 0. The Bertz CT molecular complexity index is 1180. The van der Waals surface area contributed by atoms with Crippen molar-refractivity contribution < 1.29 is 39.0 Å². The molecule has 0 bridgehead atoms. The summed E-state index contributed by atoms with van der Waals surface area (Å²) in [6.07, 6.45) is 18.2. The highest BCUT2D eigenvalue weighted by Crippen LogP contribution is 2.41. The van der Waals surface area contributed by atoms with E-state index in [4.69, 9.17) is 29.4 Å². The van der Waals surface area contributed by atoms with E-state index in [0.29, 0.717) is 43.2 Å². The van der Waals surface area contributed by atoms with Crippen molar-refractivity contribution in [3.05, 3.63) is 23.3 Å². The van der Waals surface area contributed by atoms with E-state index in [2.05, 4.69) is 79.4 Å². The Morgan fingerprint density at radius 3 is 1.16 bits per heavy atom. The SMILES string of the molecule is CCCCCCCCON1C(C)(C)CC(OC(=O)CCCC(=O)OC2CC(C)(C)N(OCCCCCCCC)C(C)(C)C2)CC1(C)C.Cc1cc(O)c(C)cc1O. The molecule has 0 unspecified atom stereocenters. The Balaban J connectivity index is 0.000000969. The van der Waals surface area contributed by atoms with Crippen LogP contribution in [-0.2, 0) is 28.7 Å². The number of phenolic OH excluding ortho intramolecular Hbond substituents is 2. The molecule has 0 spiro atoms. The number of phenols is 2. The minimum atomic E-state index is -0.255. The maximum Gasteiger partial charge on any atom is 0.306 e. The number of unbranched alkanes of at least 4 members (excludes halogenated alkanes) is 10. The van der Waals surface area contributed by atoms with E-state index in [1.54, 1.807) is 26.0 Å². The fraction of sp³-hybridized carbons (Fsp3) is 0.830. The number of carbonyl (C=O) groups is 2. The number of hydrogen-bond acceptors (Lipinski definition) is 10. The maximum atomic E-state index is 12.8. The van der Waals surface area contributed by atoms with Crippen molar-refractivity contribution in [3.63, 3.8) is 0 Å². The number of hydroxylamine groups is 4. The summed E-state index contributed by atoms with van der Waals surface area (Å²) in [6.45, 7) is 26.8. The molecule has 0 saturated carbocycles. The van der Waals surface area contributed by atoms with Crippen molar-refractivity contribution in [2.75, 3.05) is 13.2 Å². The molecule has 2 fully saturated rings. The van der Waals surface area contributed by atoms with Crippen LogP contribution in [0.2, 0.25) is 0 Å². The van der Waals surface area contributed by atoms with Crippen LogP contribution in [0.3, 0.4) is 0 Å². The van der Waals surface area contributed by atoms with Crippen molar-refractivity contribution in [2.24, 2.45) is 0 Å². The van der Waals surface area contributed by atoms with Crippen LogP contribution in [0.1, 0.15) is 202 Å². The van der Waals surface area contributed by atoms with Crippen LogP contribution in [0.4, 0.5) is 0 Å². The van der Waals surface area contributed by atoms with E-state index in [0.717, 1.165) is 26.1 Å². The lowest BCUT2D eigenvalue weighted by Crippen LogP contribution is -2.62. The van der Waals surface area contributed by atoms with Gasteiger partial charge in [0.2, 0.25) is 0 Å². The van der Waals surface area contributed by atoms with Crippen molar-refractivity contribution in [1.82, 2.24) is 10.1 Å². The van der Waals surface area contributed by atoms with Gasteiger partial charge in [0.25, 0.3) is 0 Å². The van der Waals surface area contributed by atoms with Gasteiger partial charge in [-0.1, -0.05) is 78.1 Å². The summed E-state index contributed by atoms with van der Waals surface area (Å²) in [5, 5.41) is 22.5. The third-order valence-corrected chi connectivity index (χ3v) is 11.4. The van der Waals surface area contributed by atoms with E-state index in [-0.39, 0.29) is 70.6 Å². The van der Waals surface area contributed by atoms with Gasteiger partial charge in [0.15, 0.2) is 0 Å². The molecule has 0 aliphatic carbocycles. The summed E-state index contributed by atoms with van der Waals surface area (Å²) < 4.78 is 11.9. The number of benzene rings is 1. The second-order valence-electron chi connectivity index (χ2n) is 19.4. The Kier molecular flexibility index (Phi) is 21.4. The number of nitrogens with zero attached hydrogens (tertiary/aromatic N) is 2. The number of piperidine rings is 2. The van der Waals surface area contributed by atoms with E-state index >= 15 is 0 Å². The van der Waals surface area contributed by atoms with Crippen molar-refractivity contribution in [1.29, 1.82) is 0 Å². The first-order valence-electron chi connectivity index (χ1n) is 22.4. The number of esters is 2. The fourth-order valence-corrected chi connectivity index (χ4v) is 8.94. The average Bonchev–Trinajstić information content (AvgIpc) is 3.07. The predicted molar refractivity (Wildman–Crippen MR) is 230 cm³/mol. The molecule has 2 aliphatic heterocycles.